The van der Waals surface area contributed by atoms with Crippen LogP contribution in [0.2, 0.25) is 0 Å². The first-order valence-electron chi connectivity index (χ1n) is 9.30. The molecule has 2 heterocycles. The molecule has 4 N–H and O–H groups in total. The topological polar surface area (TPSA) is 107 Å². The predicted molar refractivity (Wildman–Crippen MR) is 114 cm³/mol. The summed E-state index contributed by atoms with van der Waals surface area (Å²) in [6.07, 6.45) is -0.169. The molecule has 1 unspecified atom stereocenters. The molecule has 1 aliphatic rings. The number of aromatic hydroxyl groups is 1. The van der Waals surface area contributed by atoms with E-state index < -0.39 is 6.09 Å². The van der Waals surface area contributed by atoms with E-state index in [0.717, 1.165) is 35.1 Å². The minimum Gasteiger partial charge on any atom is -0.507 e. The van der Waals surface area contributed by atoms with Gasteiger partial charge in [0.15, 0.2) is 5.82 Å². The molecule has 4 rings (SSSR count). The Morgan fingerprint density at radius 3 is 2.79 bits per heavy atom. The maximum atomic E-state index is 10.9. The number of carboxylic acid groups (broad SMARTS) is 1. The number of aromatic nitrogens is 2. The third kappa shape index (κ3) is 4.26. The number of phenols is 1. The summed E-state index contributed by atoms with van der Waals surface area (Å²) in [5, 5.41) is 26.1. The molecule has 1 fully saturated rings. The van der Waals surface area contributed by atoms with Gasteiger partial charge in [0.05, 0.1) is 22.8 Å². The normalized spacial score (nSPS) is 18.4. The van der Waals surface area contributed by atoms with Crippen LogP contribution in [0.5, 0.6) is 5.75 Å². The van der Waals surface area contributed by atoms with Crippen molar-refractivity contribution >= 4 is 29.4 Å². The molecule has 0 saturated carbocycles. The SMILES string of the molecule is Cc1ccc2c([C@H]3NCCC3CNC(=O)O)nc(-c3ccccc3O)nc2c1.Cl. The third-order valence-electron chi connectivity index (χ3n) is 5.19. The number of para-hydroxylation sites is 1. The molecular formula is C21H23ClN4O3. The van der Waals surface area contributed by atoms with Crippen molar-refractivity contribution in [3.63, 3.8) is 0 Å². The Kier molecular flexibility index (Phi) is 6.20. The van der Waals surface area contributed by atoms with Crippen LogP contribution < -0.4 is 10.6 Å². The number of hydrogen-bond donors (Lipinski definition) is 4. The Morgan fingerprint density at radius 2 is 2.03 bits per heavy atom. The summed E-state index contributed by atoms with van der Waals surface area (Å²) >= 11 is 0. The quantitative estimate of drug-likeness (QED) is 0.519. The lowest BCUT2D eigenvalue weighted by Gasteiger charge is -2.21. The molecule has 3 aromatic rings. The third-order valence-corrected chi connectivity index (χ3v) is 5.19. The van der Waals surface area contributed by atoms with Gasteiger partial charge in [0, 0.05) is 11.9 Å². The Morgan fingerprint density at radius 1 is 1.24 bits per heavy atom. The lowest BCUT2D eigenvalue weighted by molar-refractivity contribution is 0.191. The largest absolute Gasteiger partial charge is 0.507 e. The van der Waals surface area contributed by atoms with Crippen molar-refractivity contribution in [1.29, 1.82) is 0 Å². The molecule has 0 aliphatic carbocycles. The molecular weight excluding hydrogens is 392 g/mol. The fourth-order valence-electron chi connectivity index (χ4n) is 3.80. The molecule has 7 nitrogen and oxygen atoms in total. The summed E-state index contributed by atoms with van der Waals surface area (Å²) in [6, 6.07) is 13.0. The van der Waals surface area contributed by atoms with Crippen molar-refractivity contribution in [2.75, 3.05) is 13.1 Å². The molecule has 0 radical (unpaired) electrons. The second-order valence-corrected chi connectivity index (χ2v) is 7.14. The zero-order valence-electron chi connectivity index (χ0n) is 15.9. The van der Waals surface area contributed by atoms with Gasteiger partial charge in [-0.15, -0.1) is 12.4 Å². The van der Waals surface area contributed by atoms with E-state index in [1.54, 1.807) is 18.2 Å². The van der Waals surface area contributed by atoms with Crippen molar-refractivity contribution in [2.24, 2.45) is 5.92 Å². The van der Waals surface area contributed by atoms with Gasteiger partial charge in [0.2, 0.25) is 0 Å². The summed E-state index contributed by atoms with van der Waals surface area (Å²) in [4.78, 5) is 20.4. The highest BCUT2D eigenvalue weighted by molar-refractivity contribution is 5.85. The number of carbonyl (C=O) groups is 1. The van der Waals surface area contributed by atoms with Crippen LogP contribution in [0.1, 0.15) is 23.7 Å². The number of hydrogen-bond acceptors (Lipinski definition) is 5. The summed E-state index contributed by atoms with van der Waals surface area (Å²) in [5.41, 5.74) is 3.30. The highest BCUT2D eigenvalue weighted by Gasteiger charge is 2.31. The first kappa shape index (κ1) is 20.8. The van der Waals surface area contributed by atoms with E-state index >= 15 is 0 Å². The van der Waals surface area contributed by atoms with E-state index in [-0.39, 0.29) is 30.1 Å². The average Bonchev–Trinajstić information content (AvgIpc) is 3.14. The van der Waals surface area contributed by atoms with Crippen molar-refractivity contribution in [1.82, 2.24) is 20.6 Å². The van der Waals surface area contributed by atoms with Gasteiger partial charge in [-0.1, -0.05) is 24.3 Å². The van der Waals surface area contributed by atoms with Gasteiger partial charge in [-0.25, -0.2) is 14.8 Å². The van der Waals surface area contributed by atoms with Crippen molar-refractivity contribution in [3.8, 4) is 17.1 Å². The standard InChI is InChI=1S/C21H22N4O3.ClH/c1-12-6-7-14-16(10-12)24-20(15-4-2-3-5-17(15)26)25-19(14)18-13(8-9-22-18)11-23-21(27)28;/h2-7,10,13,18,22-23,26H,8-9,11H2,1H3,(H,27,28);1H/t13?,18-;/m0./s1. The van der Waals surface area contributed by atoms with Crippen LogP contribution >= 0.6 is 12.4 Å². The van der Waals surface area contributed by atoms with E-state index in [0.29, 0.717) is 17.9 Å². The lowest BCUT2D eigenvalue weighted by atomic mass is 9.94. The maximum Gasteiger partial charge on any atom is 0.404 e. The van der Waals surface area contributed by atoms with Gasteiger partial charge < -0.3 is 20.8 Å². The van der Waals surface area contributed by atoms with Gasteiger partial charge in [0.25, 0.3) is 0 Å². The summed E-state index contributed by atoms with van der Waals surface area (Å²) in [5.74, 6) is 0.682. The van der Waals surface area contributed by atoms with Gasteiger partial charge in [-0.05, 0) is 49.6 Å². The number of nitrogens with zero attached hydrogens (tertiary/aromatic N) is 2. The van der Waals surface area contributed by atoms with Gasteiger partial charge in [-0.3, -0.25) is 0 Å². The molecule has 1 amide bonds. The fraction of sp³-hybridized carbons (Fsp3) is 0.286. The van der Waals surface area contributed by atoms with Crippen LogP contribution in [-0.2, 0) is 0 Å². The maximum absolute atomic E-state index is 10.9. The van der Waals surface area contributed by atoms with Gasteiger partial charge in [-0.2, -0.15) is 0 Å². The highest BCUT2D eigenvalue weighted by atomic mass is 35.5. The molecule has 8 heteroatoms. The Balaban J connectivity index is 0.00000240. The Labute approximate surface area is 174 Å². The number of aryl methyl sites for hydroxylation is 1. The van der Waals surface area contributed by atoms with Crippen LogP contribution in [0.25, 0.3) is 22.3 Å². The lowest BCUT2D eigenvalue weighted by Crippen LogP contribution is -2.31. The minimum absolute atomic E-state index is 0. The van der Waals surface area contributed by atoms with Gasteiger partial charge in [0.1, 0.15) is 5.75 Å². The first-order valence-corrected chi connectivity index (χ1v) is 9.30. The van der Waals surface area contributed by atoms with Crippen LogP contribution in [0, 0.1) is 12.8 Å². The fourth-order valence-corrected chi connectivity index (χ4v) is 3.80. The minimum atomic E-state index is -1.02. The number of nitrogens with one attached hydrogen (secondary N) is 2. The second kappa shape index (κ2) is 8.63. The highest BCUT2D eigenvalue weighted by Crippen LogP contribution is 2.35. The van der Waals surface area contributed by atoms with Crippen LogP contribution in [0.4, 0.5) is 4.79 Å². The summed E-state index contributed by atoms with van der Waals surface area (Å²) < 4.78 is 0. The van der Waals surface area contributed by atoms with E-state index in [9.17, 15) is 9.90 Å². The second-order valence-electron chi connectivity index (χ2n) is 7.14. The first-order chi connectivity index (χ1) is 13.5. The zero-order valence-corrected chi connectivity index (χ0v) is 16.7. The number of benzene rings is 2. The molecule has 1 aromatic heterocycles. The van der Waals surface area contributed by atoms with E-state index in [2.05, 4.69) is 15.6 Å². The smallest absolute Gasteiger partial charge is 0.404 e. The molecule has 0 spiro atoms. The molecule has 2 aromatic carbocycles. The van der Waals surface area contributed by atoms with E-state index in [1.807, 2.05) is 31.2 Å². The van der Waals surface area contributed by atoms with Crippen LogP contribution in [-0.4, -0.2) is 39.4 Å². The number of halogens is 1. The number of amides is 1. The monoisotopic (exact) mass is 414 g/mol. The Hall–Kier alpha value is -2.90. The predicted octanol–water partition coefficient (Wildman–Crippen LogP) is 3.65. The van der Waals surface area contributed by atoms with Crippen molar-refractivity contribution < 1.29 is 15.0 Å². The molecule has 152 valence electrons. The zero-order chi connectivity index (χ0) is 19.7. The van der Waals surface area contributed by atoms with E-state index in [1.165, 1.54) is 0 Å². The summed E-state index contributed by atoms with van der Waals surface area (Å²) in [6.45, 7) is 3.16. The molecule has 1 saturated heterocycles. The number of rotatable bonds is 4. The molecule has 29 heavy (non-hydrogen) atoms. The average molecular weight is 415 g/mol. The van der Waals surface area contributed by atoms with Crippen LogP contribution in [0.15, 0.2) is 42.5 Å². The molecule has 2 atom stereocenters. The number of phenolic OH excluding ortho intramolecular Hbond substituents is 1. The Bertz CT molecular complexity index is 1040. The van der Waals surface area contributed by atoms with Crippen LogP contribution in [0.3, 0.4) is 0 Å². The molecule has 1 aliphatic heterocycles. The number of fused-ring (bicyclic) bond motifs is 1. The van der Waals surface area contributed by atoms with E-state index in [4.69, 9.17) is 10.1 Å². The summed E-state index contributed by atoms with van der Waals surface area (Å²) in [7, 11) is 0. The molecule has 0 bridgehead atoms. The van der Waals surface area contributed by atoms with Crippen molar-refractivity contribution in [2.45, 2.75) is 19.4 Å². The van der Waals surface area contributed by atoms with Gasteiger partial charge >= 0.3 is 6.09 Å². The van der Waals surface area contributed by atoms with Crippen molar-refractivity contribution in [3.05, 3.63) is 53.7 Å².